The van der Waals surface area contributed by atoms with Crippen LogP contribution >= 0.6 is 0 Å². The van der Waals surface area contributed by atoms with Gasteiger partial charge in [0.25, 0.3) is 5.91 Å². The van der Waals surface area contributed by atoms with Gasteiger partial charge in [-0.3, -0.25) is 10.1 Å². The van der Waals surface area contributed by atoms with E-state index < -0.39 is 89.2 Å². The summed E-state index contributed by atoms with van der Waals surface area (Å²) in [7, 11) is -2.26. The number of halogens is 7. The number of primary amides is 1. The molecular weight excluding hydrogens is 661 g/mol. The van der Waals surface area contributed by atoms with Crippen molar-refractivity contribution in [3.63, 3.8) is 0 Å². The van der Waals surface area contributed by atoms with Crippen LogP contribution in [0.15, 0.2) is 42.5 Å². The third-order valence-electron chi connectivity index (χ3n) is 8.89. The first-order chi connectivity index (χ1) is 22.1. The number of carbonyl (C=O) groups is 1. The number of carbonyl (C=O) groups excluding carboxylic acids is 1. The van der Waals surface area contributed by atoms with E-state index in [9.17, 15) is 31.9 Å². The molecule has 3 aromatic carbocycles. The molecule has 48 heavy (non-hydrogen) atoms. The summed E-state index contributed by atoms with van der Waals surface area (Å²) in [6.07, 6.45) is -7.18. The van der Waals surface area contributed by atoms with Crippen molar-refractivity contribution in [2.75, 3.05) is 13.2 Å². The van der Waals surface area contributed by atoms with Crippen LogP contribution in [0.1, 0.15) is 72.1 Å². The molecule has 1 amide bonds. The van der Waals surface area contributed by atoms with Crippen molar-refractivity contribution in [1.82, 2.24) is 5.32 Å². The molecule has 1 aliphatic rings. The van der Waals surface area contributed by atoms with Crippen molar-refractivity contribution in [3.8, 4) is 22.6 Å². The molecule has 0 saturated heterocycles. The third-order valence-corrected chi connectivity index (χ3v) is 13.4. The second-order valence-electron chi connectivity index (χ2n) is 13.5. The Kier molecular flexibility index (Phi) is 10.5. The van der Waals surface area contributed by atoms with Gasteiger partial charge in [-0.05, 0) is 96.9 Å². The summed E-state index contributed by atoms with van der Waals surface area (Å²) in [6.45, 7) is 11.1. The molecule has 0 bridgehead atoms. The monoisotopic (exact) mass is 700 g/mol. The predicted octanol–water partition coefficient (Wildman–Crippen LogP) is 8.75. The number of amides is 1. The fourth-order valence-electron chi connectivity index (χ4n) is 5.11. The molecule has 0 aliphatic heterocycles. The lowest BCUT2D eigenvalue weighted by Gasteiger charge is -2.36. The van der Waals surface area contributed by atoms with Crippen LogP contribution in [0.2, 0.25) is 18.1 Å². The number of nitrogens with two attached hydrogens (primary N) is 1. The Morgan fingerprint density at radius 3 is 2.15 bits per heavy atom. The second-order valence-corrected chi connectivity index (χ2v) is 18.3. The van der Waals surface area contributed by atoms with E-state index in [2.05, 4.69) is 5.32 Å². The molecule has 0 spiro atoms. The van der Waals surface area contributed by atoms with Crippen LogP contribution in [-0.2, 0) is 16.5 Å². The zero-order chi connectivity index (χ0) is 36.0. The largest absolute Gasteiger partial charge is 0.456 e. The third kappa shape index (κ3) is 7.87. The maximum absolute atomic E-state index is 16.2. The van der Waals surface area contributed by atoms with Crippen LogP contribution in [-0.4, -0.2) is 38.7 Å². The van der Waals surface area contributed by atoms with Crippen LogP contribution in [0.25, 0.3) is 11.1 Å². The van der Waals surface area contributed by atoms with Crippen molar-refractivity contribution in [2.24, 2.45) is 5.73 Å². The number of hydrogen-bond donors (Lipinski definition) is 3. The first-order valence-corrected chi connectivity index (χ1v) is 18.2. The first-order valence-electron chi connectivity index (χ1n) is 15.3. The van der Waals surface area contributed by atoms with Gasteiger partial charge in [0.15, 0.2) is 14.5 Å². The Morgan fingerprint density at radius 2 is 1.60 bits per heavy atom. The number of aliphatic hydroxyl groups excluding tert-OH is 1. The predicted molar refractivity (Wildman–Crippen MR) is 170 cm³/mol. The van der Waals surface area contributed by atoms with Gasteiger partial charge in [0, 0.05) is 24.3 Å². The van der Waals surface area contributed by atoms with Gasteiger partial charge >= 0.3 is 12.1 Å². The summed E-state index contributed by atoms with van der Waals surface area (Å²) in [5.41, 5.74) is 0.841. The molecule has 1 fully saturated rings. The van der Waals surface area contributed by atoms with E-state index in [0.29, 0.717) is 12.1 Å². The standard InChI is InChI=1S/C34H39F7N2O4Si/c1-18-15-20(35)10-12-26(18)47-29-23(30(42)44)17-25(34(39,40)41)27(19-7-8-19)28(29)22-11-9-21(36)16-24(22)33(37,38)31(45)43-13-14-46-48(5,6)32(2,3)4/h9-12,15-17,19,31,43,45H,7-8,13-14H2,1-6H3,(H2,42,44). The summed E-state index contributed by atoms with van der Waals surface area (Å²) in [5, 5.41) is 12.8. The number of benzene rings is 3. The van der Waals surface area contributed by atoms with Gasteiger partial charge in [0.2, 0.25) is 0 Å². The highest BCUT2D eigenvalue weighted by atomic mass is 28.4. The molecule has 6 nitrogen and oxygen atoms in total. The molecule has 0 aromatic heterocycles. The van der Waals surface area contributed by atoms with Crippen LogP contribution in [0, 0.1) is 18.6 Å². The second kappa shape index (κ2) is 13.4. The van der Waals surface area contributed by atoms with Crippen LogP contribution in [0.3, 0.4) is 0 Å². The van der Waals surface area contributed by atoms with Crippen molar-refractivity contribution < 1.29 is 49.8 Å². The van der Waals surface area contributed by atoms with Gasteiger partial charge in [-0.1, -0.05) is 26.8 Å². The number of hydrogen-bond acceptors (Lipinski definition) is 5. The number of ether oxygens (including phenoxy) is 1. The van der Waals surface area contributed by atoms with E-state index in [0.717, 1.165) is 30.3 Å². The number of rotatable bonds is 12. The van der Waals surface area contributed by atoms with Gasteiger partial charge in [0.05, 0.1) is 11.1 Å². The Balaban J connectivity index is 1.91. The number of alkyl halides is 5. The zero-order valence-electron chi connectivity index (χ0n) is 27.4. The molecular formula is C34H39F7N2O4Si. The van der Waals surface area contributed by atoms with Crippen LogP contribution < -0.4 is 15.8 Å². The molecule has 3 aromatic rings. The Hall–Kier alpha value is -3.46. The molecule has 1 aliphatic carbocycles. The average Bonchev–Trinajstić information content (AvgIpc) is 3.80. The maximum atomic E-state index is 16.2. The van der Waals surface area contributed by atoms with Crippen LogP contribution in [0.5, 0.6) is 11.5 Å². The summed E-state index contributed by atoms with van der Waals surface area (Å²) in [6, 6.07) is 5.78. The Labute approximate surface area is 275 Å². The molecule has 1 atom stereocenters. The molecule has 1 saturated carbocycles. The van der Waals surface area contributed by atoms with E-state index in [1.54, 1.807) is 0 Å². The summed E-state index contributed by atoms with van der Waals surface area (Å²) < 4.78 is 117. The quantitative estimate of drug-likeness (QED) is 0.0761. The topological polar surface area (TPSA) is 93.8 Å². The highest BCUT2D eigenvalue weighted by molar-refractivity contribution is 6.74. The van der Waals surface area contributed by atoms with Gasteiger partial charge in [-0.25, -0.2) is 8.78 Å². The highest BCUT2D eigenvalue weighted by Crippen LogP contribution is 2.55. The van der Waals surface area contributed by atoms with Crippen molar-refractivity contribution >= 4 is 14.2 Å². The molecule has 4 N–H and O–H groups in total. The van der Waals surface area contributed by atoms with Gasteiger partial charge in [-0.15, -0.1) is 0 Å². The summed E-state index contributed by atoms with van der Waals surface area (Å²) in [5.74, 6) is -8.94. The fourth-order valence-corrected chi connectivity index (χ4v) is 6.15. The lowest BCUT2D eigenvalue weighted by molar-refractivity contribution is -0.138. The Morgan fingerprint density at radius 1 is 1.00 bits per heavy atom. The minimum Gasteiger partial charge on any atom is -0.456 e. The molecule has 14 heteroatoms. The maximum Gasteiger partial charge on any atom is 0.416 e. The lowest BCUT2D eigenvalue weighted by Crippen LogP contribution is -2.47. The van der Waals surface area contributed by atoms with Crippen molar-refractivity contribution in [3.05, 3.63) is 81.9 Å². The fraction of sp³-hybridized carbons (Fsp3) is 0.441. The van der Waals surface area contributed by atoms with E-state index >= 15 is 8.78 Å². The number of nitrogens with one attached hydrogen (secondary N) is 1. The lowest BCUT2D eigenvalue weighted by atomic mass is 9.85. The first kappa shape index (κ1) is 37.4. The van der Waals surface area contributed by atoms with Gasteiger partial charge in [-0.2, -0.15) is 22.0 Å². The van der Waals surface area contributed by atoms with E-state index in [4.69, 9.17) is 14.9 Å². The van der Waals surface area contributed by atoms with Crippen molar-refractivity contribution in [1.29, 1.82) is 0 Å². The molecule has 4 rings (SSSR count). The van der Waals surface area contributed by atoms with Crippen LogP contribution in [0.4, 0.5) is 30.7 Å². The number of aryl methyl sites for hydroxylation is 1. The van der Waals surface area contributed by atoms with Gasteiger partial charge < -0.3 is 20.0 Å². The van der Waals surface area contributed by atoms with Gasteiger partial charge in [0.1, 0.15) is 23.1 Å². The van der Waals surface area contributed by atoms with E-state index in [1.165, 1.54) is 6.92 Å². The summed E-state index contributed by atoms with van der Waals surface area (Å²) >= 11 is 0. The highest BCUT2D eigenvalue weighted by Gasteiger charge is 2.47. The Bertz CT molecular complexity index is 1690. The minimum absolute atomic E-state index is 0.0317. The van der Waals surface area contributed by atoms with E-state index in [-0.39, 0.29) is 42.3 Å². The summed E-state index contributed by atoms with van der Waals surface area (Å²) in [4.78, 5) is 12.7. The molecule has 262 valence electrons. The smallest absolute Gasteiger partial charge is 0.416 e. The zero-order valence-corrected chi connectivity index (χ0v) is 28.4. The number of aliphatic hydroxyl groups is 1. The molecule has 0 radical (unpaired) electrons. The minimum atomic E-state index is -5.06. The van der Waals surface area contributed by atoms with E-state index in [1.807, 2.05) is 33.9 Å². The normalized spacial score (nSPS) is 15.0. The van der Waals surface area contributed by atoms with Crippen molar-refractivity contribution in [2.45, 2.75) is 82.9 Å². The molecule has 0 heterocycles. The SMILES string of the molecule is Cc1cc(F)ccc1Oc1c(C(N)=O)cc(C(F)(F)F)c(C2CC2)c1-c1ccc(F)cc1C(F)(F)C(O)NCCO[Si](C)(C)C(C)(C)C. The molecule has 1 unspecified atom stereocenters. The average molecular weight is 701 g/mol.